The molecule has 0 atom stereocenters. The molecule has 0 amide bonds. The molecule has 0 bridgehead atoms. The van der Waals surface area contributed by atoms with Crippen molar-refractivity contribution in [2.75, 3.05) is 18.8 Å². The molecule has 3 heterocycles. The van der Waals surface area contributed by atoms with E-state index in [0.29, 0.717) is 33.4 Å². The van der Waals surface area contributed by atoms with Crippen LogP contribution in [0.1, 0.15) is 5.56 Å². The second kappa shape index (κ2) is 8.16. The molecule has 0 fully saturated rings. The van der Waals surface area contributed by atoms with Gasteiger partial charge in [-0.05, 0) is 29.8 Å². The van der Waals surface area contributed by atoms with Crippen molar-refractivity contribution < 1.29 is 36.6 Å². The number of aromatic nitrogens is 3. The highest BCUT2D eigenvalue weighted by Gasteiger charge is 2.25. The van der Waals surface area contributed by atoms with E-state index in [-0.39, 0.29) is 31.2 Å². The Kier molecular flexibility index (Phi) is 5.48. The minimum absolute atomic E-state index is 0.0154. The number of fused-ring (bicyclic) bond motifs is 5. The zero-order chi connectivity index (χ0) is 25.1. The van der Waals surface area contributed by atoms with Crippen LogP contribution in [-0.4, -0.2) is 51.1 Å². The fourth-order valence-electron chi connectivity index (χ4n) is 4.11. The fraction of sp³-hybridized carbons (Fsp3) is 0.238. The number of nitrogens with zero attached hydrogens (tertiary/aromatic N) is 3. The summed E-state index contributed by atoms with van der Waals surface area (Å²) >= 11 is 0. The molecular weight excluding hydrogens is 504 g/mol. The summed E-state index contributed by atoms with van der Waals surface area (Å²) in [5.41, 5.74) is 0.956. The minimum atomic E-state index is -4.81. The van der Waals surface area contributed by atoms with Crippen LogP contribution in [-0.2, 0) is 27.5 Å². The van der Waals surface area contributed by atoms with Gasteiger partial charge in [-0.3, -0.25) is 13.7 Å². The first-order chi connectivity index (χ1) is 16.4. The molecule has 0 radical (unpaired) electrons. The van der Waals surface area contributed by atoms with E-state index in [2.05, 4.69) is 4.98 Å². The summed E-state index contributed by atoms with van der Waals surface area (Å²) in [7, 11) is -8.19. The number of benzene rings is 2. The Hall–Kier alpha value is -3.25. The summed E-state index contributed by atoms with van der Waals surface area (Å²) in [5, 5.41) is -0.208. The Morgan fingerprint density at radius 1 is 1.17 bits per heavy atom. The van der Waals surface area contributed by atoms with Crippen LogP contribution in [0.3, 0.4) is 0 Å². The Labute approximate surface area is 197 Å². The first kappa shape index (κ1) is 23.5. The van der Waals surface area contributed by atoms with Crippen LogP contribution >= 0.6 is 7.60 Å². The largest absolute Gasteiger partial charge is 0.454 e. The van der Waals surface area contributed by atoms with E-state index in [9.17, 15) is 32.0 Å². The van der Waals surface area contributed by atoms with Gasteiger partial charge < -0.3 is 19.3 Å². The molecule has 184 valence electrons. The van der Waals surface area contributed by atoms with Crippen molar-refractivity contribution in [1.82, 2.24) is 14.1 Å². The molecule has 2 N–H and O–H groups in total. The van der Waals surface area contributed by atoms with Gasteiger partial charge in [0.1, 0.15) is 21.2 Å². The highest BCUT2D eigenvalue weighted by Crippen LogP contribution is 2.40. The molecule has 0 spiro atoms. The summed E-state index contributed by atoms with van der Waals surface area (Å²) < 4.78 is 63.0. The normalized spacial score (nSPS) is 13.7. The summed E-state index contributed by atoms with van der Waals surface area (Å²) in [6.45, 7) is -0.251. The van der Waals surface area contributed by atoms with Crippen molar-refractivity contribution in [3.05, 3.63) is 58.4 Å². The lowest BCUT2D eigenvalue weighted by molar-refractivity contribution is 0.174. The van der Waals surface area contributed by atoms with Crippen molar-refractivity contribution in [3.63, 3.8) is 0 Å². The van der Waals surface area contributed by atoms with Crippen molar-refractivity contribution in [2.45, 2.75) is 13.1 Å². The zero-order valence-electron chi connectivity index (χ0n) is 18.2. The average Bonchev–Trinajstić information content (AvgIpc) is 3.34. The van der Waals surface area contributed by atoms with Crippen LogP contribution < -0.4 is 20.5 Å². The number of pyridine rings is 1. The van der Waals surface area contributed by atoms with Gasteiger partial charge in [-0.25, -0.2) is 22.6 Å². The number of hydrogen-bond acceptors (Lipinski definition) is 7. The maximum atomic E-state index is 14.4. The molecule has 0 saturated carbocycles. The minimum Gasteiger partial charge on any atom is -0.454 e. The molecule has 5 rings (SSSR count). The van der Waals surface area contributed by atoms with Gasteiger partial charge in [0, 0.05) is 18.2 Å². The second-order valence-corrected chi connectivity index (χ2v) is 12.0. The van der Waals surface area contributed by atoms with Gasteiger partial charge in [0.15, 0.2) is 11.5 Å². The molecule has 4 aromatic rings. The van der Waals surface area contributed by atoms with Gasteiger partial charge in [0.25, 0.3) is 0 Å². The molecule has 0 aliphatic carbocycles. The van der Waals surface area contributed by atoms with E-state index in [1.807, 2.05) is 0 Å². The average molecular weight is 523 g/mol. The number of imidazole rings is 1. The number of sulfone groups is 1. The van der Waals surface area contributed by atoms with Crippen molar-refractivity contribution in [1.29, 1.82) is 0 Å². The third kappa shape index (κ3) is 4.20. The van der Waals surface area contributed by atoms with E-state index < -0.39 is 34.2 Å². The maximum absolute atomic E-state index is 14.4. The molecule has 1 aliphatic heterocycles. The third-order valence-electron chi connectivity index (χ3n) is 5.70. The molecule has 14 heteroatoms. The van der Waals surface area contributed by atoms with E-state index >= 15 is 0 Å². The Morgan fingerprint density at radius 2 is 1.94 bits per heavy atom. The van der Waals surface area contributed by atoms with Crippen LogP contribution in [0.15, 0.2) is 41.3 Å². The van der Waals surface area contributed by atoms with Gasteiger partial charge in [-0.2, -0.15) is 0 Å². The Morgan fingerprint density at radius 3 is 2.63 bits per heavy atom. The highest BCUT2D eigenvalue weighted by atomic mass is 32.2. The van der Waals surface area contributed by atoms with E-state index in [1.54, 1.807) is 12.1 Å². The Bertz CT molecular complexity index is 1720. The summed E-state index contributed by atoms with van der Waals surface area (Å²) in [6.07, 6.45) is 2.51. The molecule has 2 aromatic carbocycles. The monoisotopic (exact) mass is 523 g/mol. The van der Waals surface area contributed by atoms with Gasteiger partial charge in [0.05, 0.1) is 34.8 Å². The van der Waals surface area contributed by atoms with E-state index in [1.165, 1.54) is 21.4 Å². The molecule has 35 heavy (non-hydrogen) atoms. The van der Waals surface area contributed by atoms with Gasteiger partial charge in [0.2, 0.25) is 6.79 Å². The third-order valence-corrected chi connectivity index (χ3v) is 7.62. The van der Waals surface area contributed by atoms with Crippen LogP contribution in [0.5, 0.6) is 11.5 Å². The molecular formula is C21H19FN3O8PS. The summed E-state index contributed by atoms with van der Waals surface area (Å²) in [5.74, 6) is -0.481. The quantitative estimate of drug-likeness (QED) is 0.355. The lowest BCUT2D eigenvalue weighted by atomic mass is 10.1. The van der Waals surface area contributed by atoms with Crippen molar-refractivity contribution in [2.24, 2.45) is 0 Å². The number of aryl methyl sites for hydroxylation is 1. The van der Waals surface area contributed by atoms with Crippen molar-refractivity contribution >= 4 is 44.7 Å². The van der Waals surface area contributed by atoms with Crippen molar-refractivity contribution in [3.8, 4) is 11.5 Å². The number of rotatable bonds is 6. The molecule has 11 nitrogen and oxygen atoms in total. The highest BCUT2D eigenvalue weighted by molar-refractivity contribution is 7.90. The summed E-state index contributed by atoms with van der Waals surface area (Å²) in [6, 6.07) is 6.63. The zero-order valence-corrected chi connectivity index (χ0v) is 19.9. The number of hydrogen-bond donors (Lipinski definition) is 2. The molecule has 2 aromatic heterocycles. The maximum Gasteiger partial charge on any atom is 0.359 e. The lowest BCUT2D eigenvalue weighted by Gasteiger charge is -2.10. The van der Waals surface area contributed by atoms with E-state index in [0.717, 1.165) is 18.4 Å². The van der Waals surface area contributed by atoms with Gasteiger partial charge >= 0.3 is 13.3 Å². The van der Waals surface area contributed by atoms with Crippen LogP contribution in [0.25, 0.3) is 21.9 Å². The lowest BCUT2D eigenvalue weighted by Crippen LogP contribution is -2.27. The molecule has 0 saturated heterocycles. The molecule has 1 aliphatic rings. The van der Waals surface area contributed by atoms with Gasteiger partial charge in [-0.1, -0.05) is 6.07 Å². The first-order valence-corrected chi connectivity index (χ1v) is 13.9. The number of ether oxygens (including phenoxy) is 2. The van der Waals surface area contributed by atoms with Gasteiger partial charge in [-0.15, -0.1) is 0 Å². The second-order valence-electron chi connectivity index (χ2n) is 8.17. The van der Waals surface area contributed by atoms with E-state index in [4.69, 9.17) is 9.47 Å². The standard InChI is InChI=1S/C21H19FN3O8PS/c1-35(30,31)7-6-24-15-9-23-18-13(3-4-16-20(18)33-11-32-16)19(15)25(21(24)26)10-12-2-5-17(14(22)8-12)34(27,28)29/h2-5,8-9H,6-7,10-11H2,1H3,(H2,27,28,29). The van der Waals surface area contributed by atoms with Crippen LogP contribution in [0.2, 0.25) is 0 Å². The first-order valence-electron chi connectivity index (χ1n) is 10.3. The summed E-state index contributed by atoms with van der Waals surface area (Å²) in [4.78, 5) is 36.4. The SMILES string of the molecule is CS(=O)(=O)CCn1c(=O)n(Cc2ccc(P(=O)(O)O)c(F)c2)c2c3ccc4c(c3ncc21)OCO4. The predicted molar refractivity (Wildman–Crippen MR) is 125 cm³/mol. The topological polar surface area (TPSA) is 150 Å². The Balaban J connectivity index is 1.72. The fourth-order valence-corrected chi connectivity index (χ4v) is 5.24. The molecule has 0 unspecified atom stereocenters. The van der Waals surface area contributed by atoms with Crippen LogP contribution in [0.4, 0.5) is 4.39 Å². The number of halogens is 1. The van der Waals surface area contributed by atoms with Crippen LogP contribution in [0, 0.1) is 5.82 Å². The predicted octanol–water partition coefficient (Wildman–Crippen LogP) is 1.11. The smallest absolute Gasteiger partial charge is 0.359 e.